The number of aromatic nitrogens is 2. The maximum atomic E-state index is 13.2. The maximum Gasteiger partial charge on any atom is 0.264 e. The SMILES string of the molecule is CC(C)Cc1nc(-c2ccc(F)c(Cl)c2)[nH]c(=O)c1I. The molecule has 2 rings (SSSR count). The first kappa shape index (κ1) is 15.4. The van der Waals surface area contributed by atoms with Crippen molar-refractivity contribution in [2.24, 2.45) is 5.92 Å². The molecule has 3 nitrogen and oxygen atoms in total. The molecule has 0 amide bonds. The fraction of sp³-hybridized carbons (Fsp3) is 0.286. The Balaban J connectivity index is 2.54. The van der Waals surface area contributed by atoms with Crippen molar-refractivity contribution in [3.8, 4) is 11.4 Å². The Bertz CT molecular complexity index is 700. The van der Waals surface area contributed by atoms with Crippen LogP contribution in [0, 0.1) is 15.3 Å². The fourth-order valence-electron chi connectivity index (χ4n) is 1.81. The molecule has 0 spiro atoms. The van der Waals surface area contributed by atoms with Crippen LogP contribution in [0.4, 0.5) is 4.39 Å². The van der Waals surface area contributed by atoms with E-state index in [0.717, 1.165) is 5.69 Å². The molecular formula is C14H13ClFIN2O. The lowest BCUT2D eigenvalue weighted by atomic mass is 10.1. The summed E-state index contributed by atoms with van der Waals surface area (Å²) >= 11 is 7.76. The van der Waals surface area contributed by atoms with E-state index in [1.54, 1.807) is 6.07 Å². The molecule has 0 atom stereocenters. The number of rotatable bonds is 3. The summed E-state index contributed by atoms with van der Waals surface area (Å²) in [6.07, 6.45) is 0.712. The standard InChI is InChI=1S/C14H13ClFIN2O/c1-7(2)5-11-12(17)14(20)19-13(18-11)8-3-4-10(16)9(15)6-8/h3-4,6-7H,5H2,1-2H3,(H,18,19,20). The van der Waals surface area contributed by atoms with E-state index >= 15 is 0 Å². The highest BCUT2D eigenvalue weighted by Gasteiger charge is 2.12. The number of benzene rings is 1. The minimum Gasteiger partial charge on any atom is -0.306 e. The van der Waals surface area contributed by atoms with Crippen molar-refractivity contribution in [2.45, 2.75) is 20.3 Å². The van der Waals surface area contributed by atoms with Crippen LogP contribution in [0.25, 0.3) is 11.4 Å². The number of aromatic amines is 1. The van der Waals surface area contributed by atoms with Crippen LogP contribution in [0.1, 0.15) is 19.5 Å². The molecule has 0 saturated carbocycles. The number of hydrogen-bond acceptors (Lipinski definition) is 2. The van der Waals surface area contributed by atoms with Crippen molar-refractivity contribution >= 4 is 34.2 Å². The summed E-state index contributed by atoms with van der Waals surface area (Å²) < 4.78 is 13.8. The number of halogens is 3. The zero-order valence-electron chi connectivity index (χ0n) is 11.0. The lowest BCUT2D eigenvalue weighted by Crippen LogP contribution is -2.17. The second-order valence-electron chi connectivity index (χ2n) is 4.90. The van der Waals surface area contributed by atoms with Crippen molar-refractivity contribution < 1.29 is 4.39 Å². The van der Waals surface area contributed by atoms with Crippen LogP contribution < -0.4 is 5.56 Å². The first-order chi connectivity index (χ1) is 9.38. The average Bonchev–Trinajstić information content (AvgIpc) is 2.37. The molecule has 1 aromatic carbocycles. The van der Waals surface area contributed by atoms with Crippen molar-refractivity contribution in [1.29, 1.82) is 0 Å². The Kier molecular flexibility index (Phi) is 4.80. The fourth-order valence-corrected chi connectivity index (χ4v) is 2.46. The minimum absolute atomic E-state index is 0.00843. The van der Waals surface area contributed by atoms with Gasteiger partial charge >= 0.3 is 0 Å². The predicted octanol–water partition coefficient (Wildman–Crippen LogP) is 4.03. The molecule has 1 heterocycles. The molecule has 1 aromatic heterocycles. The van der Waals surface area contributed by atoms with E-state index in [-0.39, 0.29) is 10.6 Å². The van der Waals surface area contributed by atoms with Crippen LogP contribution in [0.3, 0.4) is 0 Å². The number of hydrogen-bond donors (Lipinski definition) is 1. The van der Waals surface area contributed by atoms with Gasteiger partial charge in [-0.25, -0.2) is 9.37 Å². The van der Waals surface area contributed by atoms with Crippen molar-refractivity contribution in [2.75, 3.05) is 0 Å². The Morgan fingerprint density at radius 1 is 1.45 bits per heavy atom. The molecule has 0 aliphatic rings. The largest absolute Gasteiger partial charge is 0.306 e. The van der Waals surface area contributed by atoms with Crippen LogP contribution in [0.5, 0.6) is 0 Å². The van der Waals surface area contributed by atoms with Gasteiger partial charge in [-0.3, -0.25) is 4.79 Å². The van der Waals surface area contributed by atoms with Gasteiger partial charge in [-0.15, -0.1) is 0 Å². The summed E-state index contributed by atoms with van der Waals surface area (Å²) in [5, 5.41) is 0.00843. The molecule has 0 aliphatic carbocycles. The van der Waals surface area contributed by atoms with Gasteiger partial charge in [-0.2, -0.15) is 0 Å². The molecule has 106 valence electrons. The quantitative estimate of drug-likeness (QED) is 0.782. The number of H-pyrrole nitrogens is 1. The minimum atomic E-state index is -0.495. The summed E-state index contributed by atoms with van der Waals surface area (Å²) in [6, 6.07) is 4.27. The first-order valence-electron chi connectivity index (χ1n) is 6.12. The van der Waals surface area contributed by atoms with E-state index in [2.05, 4.69) is 23.8 Å². The number of nitrogens with one attached hydrogen (secondary N) is 1. The van der Waals surface area contributed by atoms with Crippen LogP contribution in [0.2, 0.25) is 5.02 Å². The molecule has 0 unspecified atom stereocenters. The highest BCUT2D eigenvalue weighted by atomic mass is 127. The molecule has 1 N–H and O–H groups in total. The van der Waals surface area contributed by atoms with Crippen LogP contribution in [-0.2, 0) is 6.42 Å². The van der Waals surface area contributed by atoms with Crippen LogP contribution in [-0.4, -0.2) is 9.97 Å². The molecule has 2 aromatic rings. The van der Waals surface area contributed by atoms with Gasteiger partial charge in [0.2, 0.25) is 0 Å². The highest BCUT2D eigenvalue weighted by molar-refractivity contribution is 14.1. The summed E-state index contributed by atoms with van der Waals surface area (Å²) in [5.41, 5.74) is 1.15. The molecule has 0 aliphatic heterocycles. The van der Waals surface area contributed by atoms with Crippen molar-refractivity contribution in [3.05, 3.63) is 48.7 Å². The van der Waals surface area contributed by atoms with Gasteiger partial charge in [0.05, 0.1) is 14.3 Å². The molecule has 0 bridgehead atoms. The van der Waals surface area contributed by atoms with Gasteiger partial charge in [0, 0.05) is 5.56 Å². The Labute approximate surface area is 134 Å². The summed E-state index contributed by atoms with van der Waals surface area (Å²) in [6.45, 7) is 4.13. The zero-order chi connectivity index (χ0) is 14.9. The number of nitrogens with zero attached hydrogens (tertiary/aromatic N) is 1. The van der Waals surface area contributed by atoms with Gasteiger partial charge in [0.25, 0.3) is 5.56 Å². The molecule has 0 saturated heterocycles. The normalized spacial score (nSPS) is 11.1. The van der Waals surface area contributed by atoms with E-state index < -0.39 is 5.82 Å². The van der Waals surface area contributed by atoms with E-state index in [4.69, 9.17) is 11.6 Å². The first-order valence-corrected chi connectivity index (χ1v) is 7.58. The summed E-state index contributed by atoms with van der Waals surface area (Å²) in [4.78, 5) is 19.1. The van der Waals surface area contributed by atoms with Gasteiger partial charge in [-0.1, -0.05) is 25.4 Å². The summed E-state index contributed by atoms with van der Waals surface area (Å²) in [5.74, 6) is 0.307. The van der Waals surface area contributed by atoms with Gasteiger partial charge < -0.3 is 4.98 Å². The predicted molar refractivity (Wildman–Crippen MR) is 86.5 cm³/mol. The lowest BCUT2D eigenvalue weighted by Gasteiger charge is -2.09. The molecule has 6 heteroatoms. The van der Waals surface area contributed by atoms with Crippen molar-refractivity contribution in [1.82, 2.24) is 9.97 Å². The molecule has 0 radical (unpaired) electrons. The Morgan fingerprint density at radius 3 is 2.75 bits per heavy atom. The third kappa shape index (κ3) is 3.38. The molecule has 0 fully saturated rings. The van der Waals surface area contributed by atoms with Gasteiger partial charge in [0.1, 0.15) is 11.6 Å². The molecule has 20 heavy (non-hydrogen) atoms. The van der Waals surface area contributed by atoms with Gasteiger partial charge in [-0.05, 0) is 53.1 Å². The summed E-state index contributed by atoms with van der Waals surface area (Å²) in [7, 11) is 0. The zero-order valence-corrected chi connectivity index (χ0v) is 13.9. The Hall–Kier alpha value is -0.950. The van der Waals surface area contributed by atoms with E-state index in [0.29, 0.717) is 27.3 Å². The monoisotopic (exact) mass is 406 g/mol. The molecular weight excluding hydrogens is 394 g/mol. The Morgan fingerprint density at radius 2 is 2.15 bits per heavy atom. The lowest BCUT2D eigenvalue weighted by molar-refractivity contribution is 0.628. The topological polar surface area (TPSA) is 45.8 Å². The van der Waals surface area contributed by atoms with Gasteiger partial charge in [0.15, 0.2) is 0 Å². The second kappa shape index (κ2) is 6.22. The van der Waals surface area contributed by atoms with E-state index in [9.17, 15) is 9.18 Å². The van der Waals surface area contributed by atoms with Crippen molar-refractivity contribution in [3.63, 3.8) is 0 Å². The average molecular weight is 407 g/mol. The maximum absolute atomic E-state index is 13.2. The van der Waals surface area contributed by atoms with Crippen LogP contribution >= 0.6 is 34.2 Å². The van der Waals surface area contributed by atoms with Crippen LogP contribution in [0.15, 0.2) is 23.0 Å². The van der Waals surface area contributed by atoms with E-state index in [1.165, 1.54) is 12.1 Å². The second-order valence-corrected chi connectivity index (χ2v) is 6.39. The third-order valence-electron chi connectivity index (χ3n) is 2.73. The van der Waals surface area contributed by atoms with E-state index in [1.807, 2.05) is 22.6 Å². The third-order valence-corrected chi connectivity index (χ3v) is 4.13. The highest BCUT2D eigenvalue weighted by Crippen LogP contribution is 2.23. The smallest absolute Gasteiger partial charge is 0.264 e.